The lowest BCUT2D eigenvalue weighted by molar-refractivity contribution is -0.138. The molecule has 1 saturated carbocycles. The maximum absolute atomic E-state index is 13.6. The van der Waals surface area contributed by atoms with E-state index in [1.165, 1.54) is 0 Å². The first-order chi connectivity index (χ1) is 18.6. The SMILES string of the molecule is CC1CCC(Cn2c(N3CCOC[C@H]3c3ccccc3)nc3nc(C(=O)O)nc(N[C@H](C)C(F)(F)F)c32)CC1. The Bertz CT molecular complexity index is 1310. The number of alkyl halides is 3. The van der Waals surface area contributed by atoms with Gasteiger partial charge in [0.2, 0.25) is 11.8 Å². The van der Waals surface area contributed by atoms with Crippen LogP contribution in [0, 0.1) is 11.8 Å². The summed E-state index contributed by atoms with van der Waals surface area (Å²) >= 11 is 0. The van der Waals surface area contributed by atoms with E-state index in [1.54, 1.807) is 0 Å². The highest BCUT2D eigenvalue weighted by Gasteiger charge is 2.38. The molecule has 2 aliphatic rings. The molecule has 2 atom stereocenters. The zero-order valence-corrected chi connectivity index (χ0v) is 22.0. The predicted octanol–water partition coefficient (Wildman–Crippen LogP) is 5.29. The third kappa shape index (κ3) is 5.80. The minimum absolute atomic E-state index is 0.0526. The van der Waals surface area contributed by atoms with Gasteiger partial charge in [-0.1, -0.05) is 50.1 Å². The number of nitrogens with one attached hydrogen (secondary N) is 1. The van der Waals surface area contributed by atoms with Crippen LogP contribution in [0.2, 0.25) is 0 Å². The number of rotatable bonds is 7. The van der Waals surface area contributed by atoms with Gasteiger partial charge in [-0.25, -0.2) is 14.8 Å². The average Bonchev–Trinajstić information content (AvgIpc) is 3.28. The van der Waals surface area contributed by atoms with E-state index in [0.717, 1.165) is 38.2 Å². The number of benzene rings is 1. The lowest BCUT2D eigenvalue weighted by Crippen LogP contribution is -2.41. The zero-order chi connectivity index (χ0) is 27.7. The minimum Gasteiger partial charge on any atom is -0.475 e. The van der Waals surface area contributed by atoms with Crippen molar-refractivity contribution >= 4 is 28.9 Å². The molecule has 0 spiro atoms. The molecule has 3 aromatic rings. The van der Waals surface area contributed by atoms with Crippen molar-refractivity contribution in [3.05, 3.63) is 41.7 Å². The molecule has 1 aromatic carbocycles. The monoisotopic (exact) mass is 546 g/mol. The Balaban J connectivity index is 1.67. The van der Waals surface area contributed by atoms with Crippen LogP contribution in [-0.4, -0.2) is 62.6 Å². The number of aromatic carboxylic acids is 1. The molecule has 210 valence electrons. The van der Waals surface area contributed by atoms with Crippen molar-refractivity contribution in [2.24, 2.45) is 11.8 Å². The van der Waals surface area contributed by atoms with Crippen molar-refractivity contribution in [2.45, 2.75) is 64.3 Å². The van der Waals surface area contributed by atoms with Crippen LogP contribution in [0.5, 0.6) is 0 Å². The minimum atomic E-state index is -4.56. The highest BCUT2D eigenvalue weighted by atomic mass is 19.4. The number of carboxylic acid groups (broad SMARTS) is 1. The maximum atomic E-state index is 13.6. The molecule has 0 amide bonds. The fourth-order valence-corrected chi connectivity index (χ4v) is 5.46. The van der Waals surface area contributed by atoms with E-state index in [0.29, 0.717) is 44.1 Å². The molecule has 2 N–H and O–H groups in total. The number of nitrogens with zero attached hydrogens (tertiary/aromatic N) is 5. The van der Waals surface area contributed by atoms with Gasteiger partial charge in [0, 0.05) is 13.1 Å². The molecule has 0 bridgehead atoms. The molecule has 5 rings (SSSR count). The second-order valence-electron chi connectivity index (χ2n) is 10.6. The molecule has 39 heavy (non-hydrogen) atoms. The van der Waals surface area contributed by atoms with Crippen molar-refractivity contribution in [1.29, 1.82) is 0 Å². The molecule has 0 unspecified atom stereocenters. The second-order valence-corrected chi connectivity index (χ2v) is 10.6. The molecule has 1 aliphatic heterocycles. The van der Waals surface area contributed by atoms with Gasteiger partial charge in [0.25, 0.3) is 0 Å². The van der Waals surface area contributed by atoms with Gasteiger partial charge in [0.1, 0.15) is 11.6 Å². The Kier molecular flexibility index (Phi) is 7.66. The Morgan fingerprint density at radius 3 is 2.54 bits per heavy atom. The van der Waals surface area contributed by atoms with Gasteiger partial charge in [0.15, 0.2) is 11.5 Å². The summed E-state index contributed by atoms with van der Waals surface area (Å²) in [6.07, 6.45) is -0.432. The molecule has 0 radical (unpaired) electrons. The lowest BCUT2D eigenvalue weighted by atomic mass is 9.83. The standard InChI is InChI=1S/C27H33F3N6O3/c1-16-8-10-18(11-9-16)14-36-21-22(31-17(2)27(28,29)30)32-24(25(37)38)33-23(21)34-26(36)35-12-13-39-15-20(35)19-6-4-3-5-7-19/h3-7,16-18,20H,8-15H2,1-2H3,(H,37,38)(H,31,32,33)/t16?,17-,18?,20+/m1/s1. The van der Waals surface area contributed by atoms with Crippen LogP contribution >= 0.6 is 0 Å². The number of hydrogen-bond donors (Lipinski definition) is 2. The summed E-state index contributed by atoms with van der Waals surface area (Å²) in [5.41, 5.74) is 1.35. The third-order valence-electron chi connectivity index (χ3n) is 7.76. The molecular weight excluding hydrogens is 513 g/mol. The molecule has 12 heteroatoms. The van der Waals surface area contributed by atoms with Crippen LogP contribution in [0.15, 0.2) is 30.3 Å². The van der Waals surface area contributed by atoms with E-state index in [2.05, 4.69) is 27.1 Å². The van der Waals surface area contributed by atoms with Crippen LogP contribution in [0.3, 0.4) is 0 Å². The number of imidazole rings is 1. The smallest absolute Gasteiger partial charge is 0.408 e. The van der Waals surface area contributed by atoms with Crippen LogP contribution in [-0.2, 0) is 11.3 Å². The number of hydrogen-bond acceptors (Lipinski definition) is 7. The van der Waals surface area contributed by atoms with Gasteiger partial charge in [-0.3, -0.25) is 0 Å². The van der Waals surface area contributed by atoms with Gasteiger partial charge in [-0.15, -0.1) is 0 Å². The number of carboxylic acids is 1. The summed E-state index contributed by atoms with van der Waals surface area (Å²) in [5, 5.41) is 12.0. The van der Waals surface area contributed by atoms with Gasteiger partial charge in [-0.2, -0.15) is 18.2 Å². The number of carbonyl (C=O) groups is 1. The Morgan fingerprint density at radius 2 is 1.87 bits per heavy atom. The predicted molar refractivity (Wildman–Crippen MR) is 140 cm³/mol. The molecule has 9 nitrogen and oxygen atoms in total. The van der Waals surface area contributed by atoms with E-state index in [-0.39, 0.29) is 23.0 Å². The molecular formula is C27H33F3N6O3. The first-order valence-electron chi connectivity index (χ1n) is 13.4. The van der Waals surface area contributed by atoms with Crippen LogP contribution in [0.25, 0.3) is 11.2 Å². The number of ether oxygens (including phenoxy) is 1. The normalized spacial score (nSPS) is 23.1. The van der Waals surface area contributed by atoms with Crippen LogP contribution in [0.4, 0.5) is 24.9 Å². The summed E-state index contributed by atoms with van der Waals surface area (Å²) < 4.78 is 48.4. The fourth-order valence-electron chi connectivity index (χ4n) is 5.46. The number of fused-ring (bicyclic) bond motifs is 1. The van der Waals surface area contributed by atoms with Crippen LogP contribution < -0.4 is 10.2 Å². The molecule has 3 heterocycles. The van der Waals surface area contributed by atoms with E-state index < -0.39 is 24.0 Å². The Morgan fingerprint density at radius 1 is 1.15 bits per heavy atom. The first-order valence-corrected chi connectivity index (χ1v) is 13.4. The summed E-state index contributed by atoms with van der Waals surface area (Å²) in [5.74, 6) is -0.780. The van der Waals surface area contributed by atoms with Crippen molar-refractivity contribution in [1.82, 2.24) is 19.5 Å². The van der Waals surface area contributed by atoms with Gasteiger partial charge in [-0.05, 0) is 37.2 Å². The number of anilines is 2. The molecule has 1 saturated heterocycles. The van der Waals surface area contributed by atoms with E-state index in [9.17, 15) is 23.1 Å². The quantitative estimate of drug-likeness (QED) is 0.412. The first kappa shape index (κ1) is 27.2. The third-order valence-corrected chi connectivity index (χ3v) is 7.76. The highest BCUT2D eigenvalue weighted by molar-refractivity contribution is 5.91. The van der Waals surface area contributed by atoms with Crippen molar-refractivity contribution in [2.75, 3.05) is 30.0 Å². The summed E-state index contributed by atoms with van der Waals surface area (Å²) in [4.78, 5) is 26.9. The largest absolute Gasteiger partial charge is 0.475 e. The number of aromatic nitrogens is 4. The average molecular weight is 547 g/mol. The Hall–Kier alpha value is -3.41. The fraction of sp³-hybridized carbons (Fsp3) is 0.556. The van der Waals surface area contributed by atoms with Crippen molar-refractivity contribution < 1.29 is 27.8 Å². The van der Waals surface area contributed by atoms with Gasteiger partial charge >= 0.3 is 12.1 Å². The van der Waals surface area contributed by atoms with E-state index in [1.807, 2.05) is 34.9 Å². The molecule has 2 fully saturated rings. The highest BCUT2D eigenvalue weighted by Crippen LogP contribution is 2.37. The number of halogens is 3. The summed E-state index contributed by atoms with van der Waals surface area (Å²) in [7, 11) is 0. The van der Waals surface area contributed by atoms with E-state index in [4.69, 9.17) is 9.72 Å². The van der Waals surface area contributed by atoms with Gasteiger partial charge < -0.3 is 24.6 Å². The van der Waals surface area contributed by atoms with E-state index >= 15 is 0 Å². The van der Waals surface area contributed by atoms with Gasteiger partial charge in [0.05, 0.1) is 19.3 Å². The Labute approximate surface area is 224 Å². The summed E-state index contributed by atoms with van der Waals surface area (Å²) in [6, 6.07) is 7.68. The molecule has 1 aliphatic carbocycles. The summed E-state index contributed by atoms with van der Waals surface area (Å²) in [6.45, 7) is 5.10. The van der Waals surface area contributed by atoms with Crippen molar-refractivity contribution in [3.63, 3.8) is 0 Å². The van der Waals surface area contributed by atoms with Crippen LogP contribution in [0.1, 0.15) is 61.8 Å². The number of morpholine rings is 1. The topological polar surface area (TPSA) is 105 Å². The lowest BCUT2D eigenvalue weighted by Gasteiger charge is -2.37. The maximum Gasteiger partial charge on any atom is 0.408 e. The second kappa shape index (κ2) is 11.0. The zero-order valence-electron chi connectivity index (χ0n) is 22.0. The van der Waals surface area contributed by atoms with Crippen molar-refractivity contribution in [3.8, 4) is 0 Å². The molecule has 2 aromatic heterocycles.